The highest BCUT2D eigenvalue weighted by molar-refractivity contribution is 5.82. The topological polar surface area (TPSA) is 91.5 Å². The first-order chi connectivity index (χ1) is 12.7. The van der Waals surface area contributed by atoms with Crippen molar-refractivity contribution in [1.82, 2.24) is 30.7 Å². The average Bonchev–Trinajstić information content (AvgIpc) is 3.07. The van der Waals surface area contributed by atoms with Gasteiger partial charge in [-0.15, -0.1) is 0 Å². The van der Waals surface area contributed by atoms with Gasteiger partial charge in [0.1, 0.15) is 17.5 Å². The zero-order valence-electron chi connectivity index (χ0n) is 15.4. The molecule has 0 radical (unpaired) electrons. The van der Waals surface area contributed by atoms with Crippen molar-refractivity contribution in [2.24, 2.45) is 0 Å². The highest BCUT2D eigenvalue weighted by atomic mass is 19.1. The normalized spacial score (nSPS) is 10.8. The van der Waals surface area contributed by atoms with Crippen molar-refractivity contribution < 1.29 is 4.39 Å². The van der Waals surface area contributed by atoms with Crippen molar-refractivity contribution in [3.63, 3.8) is 0 Å². The van der Waals surface area contributed by atoms with Crippen LogP contribution in [0.3, 0.4) is 0 Å². The first kappa shape index (κ1) is 18.6. The minimum Gasteiger partial charge on any atom is -0.344 e. The van der Waals surface area contributed by atoms with Crippen molar-refractivity contribution in [3.8, 4) is 17.1 Å². The van der Waals surface area contributed by atoms with Crippen molar-refractivity contribution in [3.05, 3.63) is 66.3 Å². The molecule has 27 heavy (non-hydrogen) atoms. The lowest BCUT2D eigenvalue weighted by molar-refractivity contribution is 0.627. The summed E-state index contributed by atoms with van der Waals surface area (Å²) in [6.45, 7) is 4.10. The SMILES string of the molecule is CCc1ncc(-c2nc3ccncc3n2-c2ccc(F)cc2)c(CC)n1.N. The third-order valence-electron chi connectivity index (χ3n) is 4.35. The summed E-state index contributed by atoms with van der Waals surface area (Å²) in [6.07, 6.45) is 6.87. The number of fused-ring (bicyclic) bond motifs is 1. The fourth-order valence-corrected chi connectivity index (χ4v) is 3.04. The molecule has 0 saturated heterocycles. The van der Waals surface area contributed by atoms with Gasteiger partial charge in [-0.05, 0) is 36.8 Å². The number of nitrogens with zero attached hydrogens (tertiary/aromatic N) is 5. The summed E-state index contributed by atoms with van der Waals surface area (Å²) in [5.41, 5.74) is 4.32. The molecule has 6 nitrogen and oxygen atoms in total. The molecule has 3 aromatic heterocycles. The molecule has 4 rings (SSSR count). The van der Waals surface area contributed by atoms with Gasteiger partial charge < -0.3 is 6.15 Å². The van der Waals surface area contributed by atoms with Gasteiger partial charge in [-0.1, -0.05) is 13.8 Å². The number of hydrogen-bond acceptors (Lipinski definition) is 5. The summed E-state index contributed by atoms with van der Waals surface area (Å²) in [4.78, 5) is 18.1. The second-order valence-corrected chi connectivity index (χ2v) is 5.97. The van der Waals surface area contributed by atoms with E-state index >= 15 is 0 Å². The van der Waals surface area contributed by atoms with Crippen LogP contribution < -0.4 is 6.15 Å². The molecule has 3 N–H and O–H groups in total. The molecule has 3 heterocycles. The highest BCUT2D eigenvalue weighted by Crippen LogP contribution is 2.29. The van der Waals surface area contributed by atoms with Gasteiger partial charge >= 0.3 is 0 Å². The van der Waals surface area contributed by atoms with E-state index in [1.165, 1.54) is 12.1 Å². The Bertz CT molecular complexity index is 1070. The quantitative estimate of drug-likeness (QED) is 0.583. The fraction of sp³-hybridized carbons (Fsp3) is 0.200. The summed E-state index contributed by atoms with van der Waals surface area (Å²) in [5.74, 6) is 1.28. The van der Waals surface area contributed by atoms with Crippen molar-refractivity contribution in [2.45, 2.75) is 26.7 Å². The van der Waals surface area contributed by atoms with E-state index in [9.17, 15) is 4.39 Å². The standard InChI is InChI=1S/C20H18FN5.H3N/c1-3-16-15(11-23-19(4-2)24-16)20-25-17-9-10-22-12-18(17)26(20)14-7-5-13(21)6-8-14;/h5-12H,3-4H2,1-2H3;1H3. The van der Waals surface area contributed by atoms with Gasteiger partial charge in [-0.3, -0.25) is 9.55 Å². The lowest BCUT2D eigenvalue weighted by atomic mass is 10.1. The van der Waals surface area contributed by atoms with Crippen LogP contribution in [-0.2, 0) is 12.8 Å². The van der Waals surface area contributed by atoms with Gasteiger partial charge in [0.05, 0.1) is 28.5 Å². The smallest absolute Gasteiger partial charge is 0.149 e. The first-order valence-corrected chi connectivity index (χ1v) is 8.64. The summed E-state index contributed by atoms with van der Waals surface area (Å²) in [6, 6.07) is 8.23. The van der Waals surface area contributed by atoms with Crippen molar-refractivity contribution in [2.75, 3.05) is 0 Å². The molecule has 1 aromatic carbocycles. The van der Waals surface area contributed by atoms with Gasteiger partial charge in [0.15, 0.2) is 0 Å². The van der Waals surface area contributed by atoms with Gasteiger partial charge in [-0.2, -0.15) is 0 Å². The molecule has 4 aromatic rings. The van der Waals surface area contributed by atoms with E-state index in [0.29, 0.717) is 0 Å². The molecule has 0 aliphatic carbocycles. The molecule has 0 aliphatic heterocycles. The van der Waals surface area contributed by atoms with Crippen LogP contribution in [0.4, 0.5) is 4.39 Å². The largest absolute Gasteiger partial charge is 0.344 e. The molecule has 0 aliphatic rings. The third kappa shape index (κ3) is 3.29. The highest BCUT2D eigenvalue weighted by Gasteiger charge is 2.18. The van der Waals surface area contributed by atoms with Crippen LogP contribution in [0.25, 0.3) is 28.1 Å². The lowest BCUT2D eigenvalue weighted by Crippen LogP contribution is -2.04. The van der Waals surface area contributed by atoms with Crippen LogP contribution in [0.1, 0.15) is 25.4 Å². The minimum absolute atomic E-state index is 0. The zero-order valence-corrected chi connectivity index (χ0v) is 15.4. The van der Waals surface area contributed by atoms with Gasteiger partial charge in [0, 0.05) is 24.5 Å². The van der Waals surface area contributed by atoms with Gasteiger partial charge in [-0.25, -0.2) is 19.3 Å². The van der Waals surface area contributed by atoms with Gasteiger partial charge in [0.2, 0.25) is 0 Å². The van der Waals surface area contributed by atoms with E-state index in [0.717, 1.165) is 52.5 Å². The maximum atomic E-state index is 13.4. The Labute approximate surface area is 156 Å². The van der Waals surface area contributed by atoms with E-state index in [2.05, 4.69) is 21.9 Å². The Morgan fingerprint density at radius 3 is 2.44 bits per heavy atom. The fourth-order valence-electron chi connectivity index (χ4n) is 3.04. The van der Waals surface area contributed by atoms with Crippen LogP contribution in [0.15, 0.2) is 48.9 Å². The maximum absolute atomic E-state index is 13.4. The summed E-state index contributed by atoms with van der Waals surface area (Å²) in [5, 5.41) is 0. The van der Waals surface area contributed by atoms with Crippen LogP contribution in [0.5, 0.6) is 0 Å². The van der Waals surface area contributed by atoms with E-state index in [-0.39, 0.29) is 12.0 Å². The number of hydrogen-bond donors (Lipinski definition) is 1. The van der Waals surface area contributed by atoms with E-state index in [1.54, 1.807) is 24.5 Å². The summed E-state index contributed by atoms with van der Waals surface area (Å²) < 4.78 is 15.4. The predicted octanol–water partition coefficient (Wildman–Crippen LogP) is 4.30. The number of imidazole rings is 1. The molecule has 0 fully saturated rings. The molecule has 7 heteroatoms. The number of aromatic nitrogens is 5. The molecule has 0 unspecified atom stereocenters. The molecule has 0 saturated carbocycles. The molecule has 0 bridgehead atoms. The van der Waals surface area contributed by atoms with Gasteiger partial charge in [0.25, 0.3) is 0 Å². The molecule has 0 spiro atoms. The third-order valence-corrected chi connectivity index (χ3v) is 4.35. The van der Waals surface area contributed by atoms with Crippen LogP contribution in [-0.4, -0.2) is 24.5 Å². The Morgan fingerprint density at radius 1 is 0.963 bits per heavy atom. The molecule has 0 atom stereocenters. The zero-order chi connectivity index (χ0) is 18.1. The second kappa shape index (κ2) is 7.59. The van der Waals surface area contributed by atoms with E-state index in [4.69, 9.17) is 4.98 Å². The van der Waals surface area contributed by atoms with E-state index in [1.807, 2.05) is 23.8 Å². The molecule has 138 valence electrons. The Balaban J connectivity index is 0.00000210. The molecule has 0 amide bonds. The van der Waals surface area contributed by atoms with Crippen LogP contribution in [0, 0.1) is 5.82 Å². The number of pyridine rings is 1. The van der Waals surface area contributed by atoms with Crippen LogP contribution in [0.2, 0.25) is 0 Å². The average molecular weight is 364 g/mol. The maximum Gasteiger partial charge on any atom is 0.149 e. The number of benzene rings is 1. The lowest BCUT2D eigenvalue weighted by Gasteiger charge is -2.12. The van der Waals surface area contributed by atoms with E-state index < -0.39 is 0 Å². The summed E-state index contributed by atoms with van der Waals surface area (Å²) in [7, 11) is 0. The minimum atomic E-state index is -0.275. The van der Waals surface area contributed by atoms with Crippen LogP contribution >= 0.6 is 0 Å². The monoisotopic (exact) mass is 364 g/mol. The number of rotatable bonds is 4. The molecular formula is C20H21FN6. The number of aryl methyl sites for hydroxylation is 2. The summed E-state index contributed by atoms with van der Waals surface area (Å²) >= 11 is 0. The second-order valence-electron chi connectivity index (χ2n) is 5.97. The van der Waals surface area contributed by atoms with Crippen molar-refractivity contribution in [1.29, 1.82) is 0 Å². The Morgan fingerprint density at radius 2 is 1.74 bits per heavy atom. The first-order valence-electron chi connectivity index (χ1n) is 8.64. The Kier molecular flexibility index (Phi) is 5.23. The Hall–Kier alpha value is -3.19. The molecular weight excluding hydrogens is 343 g/mol. The number of halogens is 1. The van der Waals surface area contributed by atoms with Crippen molar-refractivity contribution >= 4 is 11.0 Å². The predicted molar refractivity (Wildman–Crippen MR) is 104 cm³/mol.